The lowest BCUT2D eigenvalue weighted by Gasteiger charge is -2.06. The summed E-state index contributed by atoms with van der Waals surface area (Å²) in [4.78, 5) is 26.6. The van der Waals surface area contributed by atoms with E-state index >= 15 is 0 Å². The first kappa shape index (κ1) is 12.5. The van der Waals surface area contributed by atoms with Gasteiger partial charge in [-0.05, 0) is 18.8 Å². The molecule has 1 aromatic rings. The molecule has 0 atom stereocenters. The lowest BCUT2D eigenvalue weighted by molar-refractivity contribution is -0.117. The third kappa shape index (κ3) is 3.06. The van der Waals surface area contributed by atoms with E-state index in [1.54, 1.807) is 0 Å². The Morgan fingerprint density at radius 3 is 2.83 bits per heavy atom. The summed E-state index contributed by atoms with van der Waals surface area (Å²) in [6.45, 7) is 0. The summed E-state index contributed by atoms with van der Waals surface area (Å²) in [5, 5.41) is 8.70. The van der Waals surface area contributed by atoms with Crippen molar-refractivity contribution in [1.82, 2.24) is 15.2 Å². The highest BCUT2D eigenvalue weighted by Gasteiger charge is 2.19. The summed E-state index contributed by atoms with van der Waals surface area (Å²) in [5.41, 5.74) is 0. The number of esters is 1. The molecule has 2 N–H and O–H groups in total. The number of anilines is 1. The number of methoxy groups -OCH3 is 1. The van der Waals surface area contributed by atoms with E-state index < -0.39 is 5.97 Å². The van der Waals surface area contributed by atoms with Crippen LogP contribution in [0.25, 0.3) is 0 Å². The van der Waals surface area contributed by atoms with E-state index in [1.165, 1.54) is 20.0 Å². The van der Waals surface area contributed by atoms with Gasteiger partial charge in [-0.2, -0.15) is 4.98 Å². The Morgan fingerprint density at radius 2 is 2.17 bits per heavy atom. The zero-order valence-corrected chi connectivity index (χ0v) is 10.2. The van der Waals surface area contributed by atoms with Crippen LogP contribution in [0, 0.1) is 5.92 Å². The molecule has 0 saturated heterocycles. The van der Waals surface area contributed by atoms with E-state index in [4.69, 9.17) is 0 Å². The first-order chi connectivity index (χ1) is 8.69. The number of rotatable bonds is 4. The van der Waals surface area contributed by atoms with Crippen LogP contribution in [0.15, 0.2) is 0 Å². The Kier molecular flexibility index (Phi) is 3.91. The maximum atomic E-state index is 11.7. The quantitative estimate of drug-likeness (QED) is 0.782. The van der Waals surface area contributed by atoms with Crippen LogP contribution < -0.4 is 5.32 Å². The molecule has 7 nitrogen and oxygen atoms in total. The second kappa shape index (κ2) is 5.61. The molecule has 1 heterocycles. The molecular formula is C11H16N4O3. The van der Waals surface area contributed by atoms with Gasteiger partial charge in [0.25, 0.3) is 0 Å². The maximum Gasteiger partial charge on any atom is 0.375 e. The second-order valence-electron chi connectivity index (χ2n) is 4.40. The molecule has 0 radical (unpaired) electrons. The fraction of sp³-hybridized carbons (Fsp3) is 0.636. The molecule has 1 fully saturated rings. The molecule has 2 rings (SSSR count). The number of nitrogens with one attached hydrogen (secondary N) is 2. The van der Waals surface area contributed by atoms with Crippen molar-refractivity contribution in [1.29, 1.82) is 0 Å². The highest BCUT2D eigenvalue weighted by molar-refractivity contribution is 5.90. The highest BCUT2D eigenvalue weighted by Crippen LogP contribution is 2.27. The minimum atomic E-state index is -0.612. The lowest BCUT2D eigenvalue weighted by atomic mass is 10.0. The first-order valence-corrected chi connectivity index (χ1v) is 5.99. The normalized spacial score (nSPS) is 15.6. The number of aromatic amines is 1. The minimum Gasteiger partial charge on any atom is -0.463 e. The third-order valence-electron chi connectivity index (χ3n) is 3.06. The van der Waals surface area contributed by atoms with Gasteiger partial charge in [0.05, 0.1) is 7.11 Å². The minimum absolute atomic E-state index is 0.0198. The van der Waals surface area contributed by atoms with Gasteiger partial charge >= 0.3 is 5.97 Å². The van der Waals surface area contributed by atoms with Crippen LogP contribution in [0.3, 0.4) is 0 Å². The van der Waals surface area contributed by atoms with E-state index in [-0.39, 0.29) is 17.7 Å². The molecule has 7 heteroatoms. The molecule has 1 aliphatic rings. The standard InChI is InChI=1S/C11H16N4O3/c1-18-10(17)9-13-11(15-14-9)12-8(16)6-7-4-2-3-5-7/h7H,2-6H2,1H3,(H2,12,13,14,15,16). The van der Waals surface area contributed by atoms with Gasteiger partial charge in [0, 0.05) is 6.42 Å². The van der Waals surface area contributed by atoms with Crippen molar-refractivity contribution in [3.8, 4) is 0 Å². The van der Waals surface area contributed by atoms with Gasteiger partial charge in [0.15, 0.2) is 0 Å². The van der Waals surface area contributed by atoms with E-state index in [0.717, 1.165) is 12.8 Å². The van der Waals surface area contributed by atoms with E-state index in [0.29, 0.717) is 12.3 Å². The van der Waals surface area contributed by atoms with Crippen molar-refractivity contribution in [3.63, 3.8) is 0 Å². The summed E-state index contributed by atoms with van der Waals surface area (Å²) in [5.74, 6) is -0.174. The van der Waals surface area contributed by atoms with Crippen LogP contribution in [-0.4, -0.2) is 34.2 Å². The van der Waals surface area contributed by atoms with Crippen LogP contribution in [0.4, 0.5) is 5.95 Å². The predicted molar refractivity (Wildman–Crippen MR) is 62.9 cm³/mol. The number of carbonyl (C=O) groups is 2. The van der Waals surface area contributed by atoms with Gasteiger partial charge in [-0.1, -0.05) is 12.8 Å². The largest absolute Gasteiger partial charge is 0.463 e. The molecule has 0 aromatic carbocycles. The molecule has 1 aliphatic carbocycles. The van der Waals surface area contributed by atoms with Gasteiger partial charge in [0.1, 0.15) is 0 Å². The van der Waals surface area contributed by atoms with Crippen LogP contribution in [0.5, 0.6) is 0 Å². The number of nitrogens with zero attached hydrogens (tertiary/aromatic N) is 2. The highest BCUT2D eigenvalue weighted by atomic mass is 16.5. The lowest BCUT2D eigenvalue weighted by Crippen LogP contribution is -2.16. The van der Waals surface area contributed by atoms with Crippen molar-refractivity contribution in [2.75, 3.05) is 12.4 Å². The Hall–Kier alpha value is -1.92. The first-order valence-electron chi connectivity index (χ1n) is 5.99. The Labute approximate surface area is 104 Å². The summed E-state index contributed by atoms with van der Waals surface area (Å²) in [6, 6.07) is 0. The van der Waals surface area contributed by atoms with Gasteiger partial charge < -0.3 is 4.74 Å². The molecular weight excluding hydrogens is 236 g/mol. The van der Waals surface area contributed by atoms with E-state index in [1.807, 2.05) is 0 Å². The fourth-order valence-electron chi connectivity index (χ4n) is 2.16. The monoisotopic (exact) mass is 252 g/mol. The van der Waals surface area contributed by atoms with Gasteiger partial charge in [0.2, 0.25) is 17.7 Å². The smallest absolute Gasteiger partial charge is 0.375 e. The molecule has 1 saturated carbocycles. The molecule has 98 valence electrons. The van der Waals surface area contributed by atoms with Crippen molar-refractivity contribution in [2.24, 2.45) is 5.92 Å². The maximum absolute atomic E-state index is 11.7. The van der Waals surface area contributed by atoms with E-state index in [2.05, 4.69) is 25.2 Å². The topological polar surface area (TPSA) is 97.0 Å². The molecule has 0 bridgehead atoms. The SMILES string of the molecule is COC(=O)c1nc(NC(=O)CC2CCCC2)n[nH]1. The molecule has 0 spiro atoms. The average Bonchev–Trinajstić information content (AvgIpc) is 2.99. The summed E-state index contributed by atoms with van der Waals surface area (Å²) >= 11 is 0. The van der Waals surface area contributed by atoms with Crippen LogP contribution in [-0.2, 0) is 9.53 Å². The van der Waals surface area contributed by atoms with E-state index in [9.17, 15) is 9.59 Å². The van der Waals surface area contributed by atoms with Crippen LogP contribution in [0.1, 0.15) is 42.7 Å². The Balaban J connectivity index is 1.86. The molecule has 18 heavy (non-hydrogen) atoms. The predicted octanol–water partition coefficient (Wildman–Crippen LogP) is 1.11. The number of carbonyl (C=O) groups excluding carboxylic acids is 2. The Bertz CT molecular complexity index is 437. The van der Waals surface area contributed by atoms with Gasteiger partial charge in [-0.25, -0.2) is 4.79 Å². The Morgan fingerprint density at radius 1 is 1.44 bits per heavy atom. The van der Waals surface area contributed by atoms with Crippen molar-refractivity contribution in [2.45, 2.75) is 32.1 Å². The van der Waals surface area contributed by atoms with Crippen molar-refractivity contribution in [3.05, 3.63) is 5.82 Å². The van der Waals surface area contributed by atoms with Crippen LogP contribution in [0.2, 0.25) is 0 Å². The summed E-state index contributed by atoms with van der Waals surface area (Å²) < 4.78 is 4.48. The summed E-state index contributed by atoms with van der Waals surface area (Å²) in [7, 11) is 1.25. The zero-order valence-electron chi connectivity index (χ0n) is 10.2. The number of hydrogen-bond donors (Lipinski definition) is 2. The molecule has 1 aromatic heterocycles. The number of H-pyrrole nitrogens is 1. The van der Waals surface area contributed by atoms with Crippen molar-refractivity contribution < 1.29 is 14.3 Å². The molecule has 0 unspecified atom stereocenters. The van der Waals surface area contributed by atoms with Crippen LogP contribution >= 0.6 is 0 Å². The zero-order chi connectivity index (χ0) is 13.0. The molecule has 1 amide bonds. The number of aromatic nitrogens is 3. The second-order valence-corrected chi connectivity index (χ2v) is 4.40. The number of ether oxygens (including phenoxy) is 1. The third-order valence-corrected chi connectivity index (χ3v) is 3.06. The van der Waals surface area contributed by atoms with Crippen molar-refractivity contribution >= 4 is 17.8 Å². The number of hydrogen-bond acceptors (Lipinski definition) is 5. The summed E-state index contributed by atoms with van der Waals surface area (Å²) in [6.07, 6.45) is 5.10. The van der Waals surface area contributed by atoms with Gasteiger partial charge in [-0.15, -0.1) is 5.10 Å². The fourth-order valence-corrected chi connectivity index (χ4v) is 2.16. The average molecular weight is 252 g/mol. The number of amides is 1. The molecule has 0 aliphatic heterocycles. The van der Waals surface area contributed by atoms with Gasteiger partial charge in [-0.3, -0.25) is 15.2 Å².